The van der Waals surface area contributed by atoms with Crippen molar-refractivity contribution in [3.05, 3.63) is 51.8 Å². The second kappa shape index (κ2) is 5.79. The topological polar surface area (TPSA) is 17.8 Å². The summed E-state index contributed by atoms with van der Waals surface area (Å²) >= 11 is 12.5. The molecule has 0 aliphatic carbocycles. The highest BCUT2D eigenvalue weighted by Gasteiger charge is 2.25. The van der Waals surface area contributed by atoms with Crippen LogP contribution in [0.15, 0.2) is 24.3 Å². The molecule has 1 aromatic carbocycles. The van der Waals surface area contributed by atoms with Gasteiger partial charge in [-0.25, -0.2) is 4.68 Å². The molecular weight excluding hydrogens is 291 g/mol. The van der Waals surface area contributed by atoms with E-state index in [4.69, 9.17) is 23.2 Å². The number of aryl methyl sites for hydroxylation is 1. The first-order valence-corrected chi connectivity index (χ1v) is 7.61. The van der Waals surface area contributed by atoms with Crippen LogP contribution < -0.4 is 0 Å². The van der Waals surface area contributed by atoms with Gasteiger partial charge in [0.25, 0.3) is 0 Å². The van der Waals surface area contributed by atoms with E-state index in [9.17, 15) is 0 Å². The SMILES string of the molecule is Cc1cccc(Cn2nc(C(C)(C)C)c(CCl)c2Cl)c1. The summed E-state index contributed by atoms with van der Waals surface area (Å²) in [7, 11) is 0. The van der Waals surface area contributed by atoms with Crippen molar-refractivity contribution in [2.45, 2.75) is 45.5 Å². The van der Waals surface area contributed by atoms with Crippen molar-refractivity contribution in [1.29, 1.82) is 0 Å². The lowest BCUT2D eigenvalue weighted by atomic mass is 9.90. The highest BCUT2D eigenvalue weighted by molar-refractivity contribution is 6.31. The lowest BCUT2D eigenvalue weighted by molar-refractivity contribution is 0.542. The van der Waals surface area contributed by atoms with E-state index in [1.165, 1.54) is 11.1 Å². The van der Waals surface area contributed by atoms with Crippen LogP contribution in [0, 0.1) is 6.92 Å². The van der Waals surface area contributed by atoms with Gasteiger partial charge in [-0.15, -0.1) is 11.6 Å². The second-order valence-corrected chi connectivity index (χ2v) is 6.77. The van der Waals surface area contributed by atoms with Crippen molar-refractivity contribution >= 4 is 23.2 Å². The average Bonchev–Trinajstić information content (AvgIpc) is 2.66. The van der Waals surface area contributed by atoms with Crippen molar-refractivity contribution in [2.75, 3.05) is 0 Å². The number of hydrogen-bond acceptors (Lipinski definition) is 1. The molecule has 20 heavy (non-hydrogen) atoms. The van der Waals surface area contributed by atoms with Crippen molar-refractivity contribution in [3.63, 3.8) is 0 Å². The summed E-state index contributed by atoms with van der Waals surface area (Å²) in [6, 6.07) is 8.37. The summed E-state index contributed by atoms with van der Waals surface area (Å²) in [6.07, 6.45) is 0. The third kappa shape index (κ3) is 3.18. The van der Waals surface area contributed by atoms with Crippen LogP contribution in [0.3, 0.4) is 0 Å². The summed E-state index contributed by atoms with van der Waals surface area (Å²) < 4.78 is 1.84. The fourth-order valence-electron chi connectivity index (χ4n) is 2.29. The van der Waals surface area contributed by atoms with Gasteiger partial charge in [-0.2, -0.15) is 5.10 Å². The number of halogens is 2. The van der Waals surface area contributed by atoms with Crippen molar-refractivity contribution in [3.8, 4) is 0 Å². The number of rotatable bonds is 3. The first-order valence-electron chi connectivity index (χ1n) is 6.70. The standard InChI is InChI=1S/C16H20Cl2N2/c1-11-6-5-7-12(8-11)10-20-15(18)13(9-17)14(19-20)16(2,3)4/h5-8H,9-10H2,1-4H3. The van der Waals surface area contributed by atoms with E-state index in [0.717, 1.165) is 11.3 Å². The Morgan fingerprint density at radius 3 is 2.45 bits per heavy atom. The molecule has 0 amide bonds. The molecule has 0 saturated heterocycles. The predicted molar refractivity (Wildman–Crippen MR) is 85.8 cm³/mol. The number of nitrogens with zero attached hydrogens (tertiary/aromatic N) is 2. The fourth-order valence-corrected chi connectivity index (χ4v) is 2.86. The maximum absolute atomic E-state index is 6.44. The number of alkyl halides is 1. The molecule has 0 unspecified atom stereocenters. The molecule has 0 atom stereocenters. The first-order chi connectivity index (χ1) is 9.32. The molecule has 0 radical (unpaired) electrons. The predicted octanol–water partition coefficient (Wildman–Crippen LogP) is 4.93. The largest absolute Gasteiger partial charge is 0.249 e. The minimum Gasteiger partial charge on any atom is -0.249 e. The molecule has 1 heterocycles. The van der Waals surface area contributed by atoms with Gasteiger partial charge in [-0.1, -0.05) is 62.2 Å². The summed E-state index contributed by atoms with van der Waals surface area (Å²) in [5.74, 6) is 0.388. The maximum atomic E-state index is 6.44. The lowest BCUT2D eigenvalue weighted by Gasteiger charge is -2.16. The summed E-state index contributed by atoms with van der Waals surface area (Å²) in [6.45, 7) is 9.12. The Hall–Kier alpha value is -0.990. The zero-order valence-corrected chi connectivity index (χ0v) is 13.9. The van der Waals surface area contributed by atoms with Gasteiger partial charge >= 0.3 is 0 Å². The molecule has 0 bridgehead atoms. The van der Waals surface area contributed by atoms with Gasteiger partial charge in [-0.05, 0) is 12.5 Å². The Bertz CT molecular complexity index is 609. The molecule has 0 aliphatic rings. The normalized spacial score (nSPS) is 11.9. The third-order valence-corrected chi connectivity index (χ3v) is 3.93. The minimum atomic E-state index is -0.0638. The first kappa shape index (κ1) is 15.4. The molecule has 2 aromatic rings. The summed E-state index contributed by atoms with van der Waals surface area (Å²) in [5, 5.41) is 5.32. The van der Waals surface area contributed by atoms with E-state index in [0.29, 0.717) is 17.6 Å². The molecule has 2 nitrogen and oxygen atoms in total. The van der Waals surface area contributed by atoms with Crippen LogP contribution in [0.25, 0.3) is 0 Å². The molecule has 0 aliphatic heterocycles. The Morgan fingerprint density at radius 1 is 1.25 bits per heavy atom. The Balaban J connectivity index is 2.41. The zero-order valence-electron chi connectivity index (χ0n) is 12.4. The van der Waals surface area contributed by atoms with Crippen LogP contribution in [0.2, 0.25) is 5.15 Å². The third-order valence-electron chi connectivity index (χ3n) is 3.24. The molecule has 0 N–H and O–H groups in total. The molecule has 2 rings (SSSR count). The van der Waals surface area contributed by atoms with Crippen molar-refractivity contribution in [2.24, 2.45) is 0 Å². The van der Waals surface area contributed by atoms with Crippen LogP contribution in [-0.4, -0.2) is 9.78 Å². The van der Waals surface area contributed by atoms with E-state index in [-0.39, 0.29) is 5.41 Å². The molecule has 108 valence electrons. The zero-order chi connectivity index (χ0) is 14.9. The molecule has 1 aromatic heterocycles. The van der Waals surface area contributed by atoms with Gasteiger partial charge in [-0.3, -0.25) is 0 Å². The van der Waals surface area contributed by atoms with Crippen molar-refractivity contribution in [1.82, 2.24) is 9.78 Å². The quantitative estimate of drug-likeness (QED) is 0.735. The summed E-state index contributed by atoms with van der Waals surface area (Å²) in [5.41, 5.74) is 4.28. The van der Waals surface area contributed by atoms with E-state index < -0.39 is 0 Å². The van der Waals surface area contributed by atoms with Gasteiger partial charge < -0.3 is 0 Å². The van der Waals surface area contributed by atoms with E-state index in [2.05, 4.69) is 57.1 Å². The monoisotopic (exact) mass is 310 g/mol. The van der Waals surface area contributed by atoms with Crippen LogP contribution in [0.4, 0.5) is 0 Å². The fraction of sp³-hybridized carbons (Fsp3) is 0.438. The van der Waals surface area contributed by atoms with Crippen LogP contribution in [0.1, 0.15) is 43.2 Å². The molecule has 4 heteroatoms. The van der Waals surface area contributed by atoms with Gasteiger partial charge in [0.1, 0.15) is 5.15 Å². The van der Waals surface area contributed by atoms with Gasteiger partial charge in [0.15, 0.2) is 0 Å². The van der Waals surface area contributed by atoms with Crippen molar-refractivity contribution < 1.29 is 0 Å². The minimum absolute atomic E-state index is 0.0638. The Morgan fingerprint density at radius 2 is 1.95 bits per heavy atom. The smallest absolute Gasteiger partial charge is 0.132 e. The van der Waals surface area contributed by atoms with Gasteiger partial charge in [0.2, 0.25) is 0 Å². The van der Waals surface area contributed by atoms with E-state index in [1.54, 1.807) is 0 Å². The van der Waals surface area contributed by atoms with Gasteiger partial charge in [0.05, 0.1) is 18.1 Å². The summed E-state index contributed by atoms with van der Waals surface area (Å²) in [4.78, 5) is 0. The Kier molecular flexibility index (Phi) is 4.46. The number of hydrogen-bond donors (Lipinski definition) is 0. The number of benzene rings is 1. The molecular formula is C16H20Cl2N2. The van der Waals surface area contributed by atoms with Crippen LogP contribution >= 0.6 is 23.2 Å². The van der Waals surface area contributed by atoms with Crippen LogP contribution in [0.5, 0.6) is 0 Å². The molecule has 0 fully saturated rings. The molecule has 0 saturated carbocycles. The average molecular weight is 311 g/mol. The van der Waals surface area contributed by atoms with Gasteiger partial charge in [0, 0.05) is 11.0 Å². The van der Waals surface area contributed by atoms with E-state index in [1.807, 2.05) is 4.68 Å². The van der Waals surface area contributed by atoms with E-state index >= 15 is 0 Å². The maximum Gasteiger partial charge on any atom is 0.132 e. The Labute approximate surface area is 130 Å². The van der Waals surface area contributed by atoms with Crippen LogP contribution in [-0.2, 0) is 17.8 Å². The molecule has 0 spiro atoms. The number of aromatic nitrogens is 2. The highest BCUT2D eigenvalue weighted by Crippen LogP contribution is 2.31. The highest BCUT2D eigenvalue weighted by atomic mass is 35.5. The second-order valence-electron chi connectivity index (χ2n) is 6.15. The lowest BCUT2D eigenvalue weighted by Crippen LogP contribution is -2.14.